The molecule has 1 aromatic carbocycles. The number of nitrogens with one attached hydrogen (secondary N) is 1. The maximum atomic E-state index is 12.1. The molecule has 0 saturated heterocycles. The number of nitrogens with zero attached hydrogens (tertiary/aromatic N) is 2. The lowest BCUT2D eigenvalue weighted by atomic mass is 10.2. The summed E-state index contributed by atoms with van der Waals surface area (Å²) in [5, 5.41) is 8.93. The minimum absolute atomic E-state index is 0.213. The molecule has 5 nitrogen and oxygen atoms in total. The van der Waals surface area contributed by atoms with E-state index >= 15 is 0 Å². The van der Waals surface area contributed by atoms with Crippen molar-refractivity contribution in [1.29, 1.82) is 5.26 Å². The summed E-state index contributed by atoms with van der Waals surface area (Å²) < 4.78 is 26.6. The number of benzene rings is 1. The van der Waals surface area contributed by atoms with Gasteiger partial charge in [-0.05, 0) is 30.7 Å². The van der Waals surface area contributed by atoms with Crippen molar-refractivity contribution in [3.8, 4) is 6.07 Å². The van der Waals surface area contributed by atoms with Gasteiger partial charge < -0.3 is 0 Å². The van der Waals surface area contributed by atoms with Gasteiger partial charge in [-0.25, -0.2) is 8.42 Å². The molecule has 104 valence electrons. The van der Waals surface area contributed by atoms with E-state index in [1.807, 2.05) is 0 Å². The molecule has 0 spiro atoms. The van der Waals surface area contributed by atoms with Gasteiger partial charge in [0.05, 0.1) is 22.3 Å². The number of rotatable bonds is 4. The van der Waals surface area contributed by atoms with Crippen molar-refractivity contribution < 1.29 is 8.42 Å². The third-order valence-corrected chi connectivity index (χ3v) is 4.88. The number of sulfonamides is 1. The molecule has 1 heterocycles. The van der Waals surface area contributed by atoms with Gasteiger partial charge in [0.15, 0.2) is 5.25 Å². The fraction of sp³-hybridized carbons (Fsp3) is 0.231. The van der Waals surface area contributed by atoms with Crippen LogP contribution in [-0.4, -0.2) is 18.7 Å². The van der Waals surface area contributed by atoms with Crippen LogP contribution < -0.4 is 4.72 Å². The third kappa shape index (κ3) is 2.69. The number of nitriles is 1. The first-order chi connectivity index (χ1) is 9.49. The van der Waals surface area contributed by atoms with Gasteiger partial charge in [-0.3, -0.25) is 9.71 Å². The number of pyridine rings is 1. The van der Waals surface area contributed by atoms with Crippen LogP contribution in [0.4, 0.5) is 5.69 Å². The second-order valence-electron chi connectivity index (χ2n) is 4.17. The minimum Gasteiger partial charge on any atom is -0.280 e. The number of aromatic nitrogens is 1. The van der Waals surface area contributed by atoms with E-state index in [-0.39, 0.29) is 6.42 Å². The highest BCUT2D eigenvalue weighted by Gasteiger charge is 2.24. The second-order valence-corrected chi connectivity index (χ2v) is 6.44. The maximum absolute atomic E-state index is 12.1. The second kappa shape index (κ2) is 5.65. The van der Waals surface area contributed by atoms with Gasteiger partial charge in [0, 0.05) is 11.6 Å². The number of fused-ring (bicyclic) bond motifs is 1. The van der Waals surface area contributed by atoms with Gasteiger partial charge in [-0.2, -0.15) is 5.26 Å². The zero-order chi connectivity index (χ0) is 14.8. The van der Waals surface area contributed by atoms with E-state index in [1.165, 1.54) is 0 Å². The standard InChI is InChI=1S/C13H12ClN3O2S/c1-2-9(8-15)20(18,19)17-12-6-5-11(14)10-4-3-7-16-13(10)12/h3-7,9,17H,2H2,1H3. The summed E-state index contributed by atoms with van der Waals surface area (Å²) in [6.07, 6.45) is 1.77. The predicted octanol–water partition coefficient (Wildman–Crippen LogP) is 2.93. The van der Waals surface area contributed by atoms with E-state index in [0.29, 0.717) is 21.6 Å². The molecule has 0 fully saturated rings. The summed E-state index contributed by atoms with van der Waals surface area (Å²) >= 11 is 6.05. The maximum Gasteiger partial charge on any atom is 0.249 e. The lowest BCUT2D eigenvalue weighted by molar-refractivity contribution is 0.593. The Kier molecular flexibility index (Phi) is 4.12. The van der Waals surface area contributed by atoms with Crippen LogP contribution in [0.15, 0.2) is 30.5 Å². The fourth-order valence-corrected chi connectivity index (χ4v) is 3.23. The highest BCUT2D eigenvalue weighted by atomic mass is 35.5. The summed E-state index contributed by atoms with van der Waals surface area (Å²) in [6.45, 7) is 1.64. The molecular weight excluding hydrogens is 298 g/mol. The average molecular weight is 310 g/mol. The minimum atomic E-state index is -3.77. The van der Waals surface area contributed by atoms with Gasteiger partial charge >= 0.3 is 0 Å². The van der Waals surface area contributed by atoms with E-state index in [2.05, 4.69) is 9.71 Å². The molecule has 1 aromatic heterocycles. The van der Waals surface area contributed by atoms with Crippen LogP contribution in [0.1, 0.15) is 13.3 Å². The monoisotopic (exact) mass is 309 g/mol. The first-order valence-corrected chi connectivity index (χ1v) is 7.86. The molecule has 1 N–H and O–H groups in total. The summed E-state index contributed by atoms with van der Waals surface area (Å²) in [5.74, 6) is 0. The van der Waals surface area contributed by atoms with Crippen LogP contribution in [0.3, 0.4) is 0 Å². The van der Waals surface area contributed by atoms with Crippen LogP contribution in [0.2, 0.25) is 5.02 Å². The number of anilines is 1. The summed E-state index contributed by atoms with van der Waals surface area (Å²) in [5.41, 5.74) is 0.773. The quantitative estimate of drug-likeness (QED) is 0.941. The highest BCUT2D eigenvalue weighted by Crippen LogP contribution is 2.29. The van der Waals surface area contributed by atoms with Crippen LogP contribution >= 0.6 is 11.6 Å². The van der Waals surface area contributed by atoms with Crippen molar-refractivity contribution in [3.05, 3.63) is 35.5 Å². The van der Waals surface area contributed by atoms with Crippen molar-refractivity contribution >= 4 is 38.2 Å². The number of hydrogen-bond acceptors (Lipinski definition) is 4. The lowest BCUT2D eigenvalue weighted by Gasteiger charge is -2.13. The molecule has 1 unspecified atom stereocenters. The molecule has 0 radical (unpaired) electrons. The Balaban J connectivity index is 2.51. The molecule has 0 aliphatic rings. The van der Waals surface area contributed by atoms with Crippen molar-refractivity contribution in [1.82, 2.24) is 4.98 Å². The molecular formula is C13H12ClN3O2S. The molecule has 2 rings (SSSR count). The lowest BCUT2D eigenvalue weighted by Crippen LogP contribution is -2.26. The number of hydrogen-bond donors (Lipinski definition) is 1. The Morgan fingerprint density at radius 2 is 2.20 bits per heavy atom. The molecule has 1 atom stereocenters. The van der Waals surface area contributed by atoms with E-state index in [1.54, 1.807) is 43.5 Å². The summed E-state index contributed by atoms with van der Waals surface area (Å²) in [7, 11) is -3.77. The molecule has 0 aliphatic carbocycles. The van der Waals surface area contributed by atoms with Crippen LogP contribution in [0, 0.1) is 11.3 Å². The van der Waals surface area contributed by atoms with Crippen molar-refractivity contribution in [3.63, 3.8) is 0 Å². The Morgan fingerprint density at radius 1 is 1.45 bits per heavy atom. The third-order valence-electron chi connectivity index (χ3n) is 2.86. The van der Waals surface area contributed by atoms with Crippen molar-refractivity contribution in [2.24, 2.45) is 0 Å². The predicted molar refractivity (Wildman–Crippen MR) is 79.0 cm³/mol. The van der Waals surface area contributed by atoms with Gasteiger partial charge in [0.1, 0.15) is 0 Å². The van der Waals surface area contributed by atoms with Crippen molar-refractivity contribution in [2.45, 2.75) is 18.6 Å². The first-order valence-electron chi connectivity index (χ1n) is 5.94. The highest BCUT2D eigenvalue weighted by molar-refractivity contribution is 7.93. The molecule has 2 aromatic rings. The Bertz CT molecular complexity index is 784. The molecule has 7 heteroatoms. The van der Waals surface area contributed by atoms with E-state index in [9.17, 15) is 8.42 Å². The molecule has 0 aliphatic heterocycles. The zero-order valence-electron chi connectivity index (χ0n) is 10.7. The van der Waals surface area contributed by atoms with Crippen LogP contribution in [-0.2, 0) is 10.0 Å². The topological polar surface area (TPSA) is 82.8 Å². The van der Waals surface area contributed by atoms with Crippen LogP contribution in [0.5, 0.6) is 0 Å². The Labute approximate surface area is 122 Å². The first kappa shape index (κ1) is 14.6. The molecule has 0 saturated carbocycles. The van der Waals surface area contributed by atoms with Gasteiger partial charge in [-0.1, -0.05) is 18.5 Å². The summed E-state index contributed by atoms with van der Waals surface area (Å²) in [4.78, 5) is 4.14. The van der Waals surface area contributed by atoms with Gasteiger partial charge in [0.2, 0.25) is 10.0 Å². The van der Waals surface area contributed by atoms with Gasteiger partial charge in [-0.15, -0.1) is 0 Å². The SMILES string of the molecule is CCC(C#N)S(=O)(=O)Nc1ccc(Cl)c2cccnc12. The Hall–Kier alpha value is -1.84. The van der Waals surface area contributed by atoms with E-state index in [0.717, 1.165) is 0 Å². The summed E-state index contributed by atoms with van der Waals surface area (Å²) in [6, 6.07) is 8.38. The normalized spacial score (nSPS) is 12.8. The smallest absolute Gasteiger partial charge is 0.249 e. The molecule has 0 bridgehead atoms. The Morgan fingerprint density at radius 3 is 2.85 bits per heavy atom. The average Bonchev–Trinajstić information content (AvgIpc) is 2.43. The largest absolute Gasteiger partial charge is 0.280 e. The fourth-order valence-electron chi connectivity index (χ4n) is 1.82. The van der Waals surface area contributed by atoms with E-state index in [4.69, 9.17) is 16.9 Å². The van der Waals surface area contributed by atoms with Crippen LogP contribution in [0.25, 0.3) is 10.9 Å². The van der Waals surface area contributed by atoms with Gasteiger partial charge in [0.25, 0.3) is 0 Å². The van der Waals surface area contributed by atoms with E-state index < -0.39 is 15.3 Å². The number of halogens is 1. The molecule has 20 heavy (non-hydrogen) atoms. The van der Waals surface area contributed by atoms with Crippen molar-refractivity contribution in [2.75, 3.05) is 4.72 Å². The molecule has 0 amide bonds. The zero-order valence-corrected chi connectivity index (χ0v) is 12.2.